The second-order valence-electron chi connectivity index (χ2n) is 5.25. The van der Waals surface area contributed by atoms with Crippen molar-refractivity contribution in [2.75, 3.05) is 33.4 Å². The standard InChI is InChI=1S/C15H21Cl2NO/c1-3-19-10-12-9-18(2)7-6-13(12)11-4-5-14(16)15(17)8-11/h4-5,8,12-13H,3,6-7,9-10H2,1-2H3/t12-,13+/m0/s1. The summed E-state index contributed by atoms with van der Waals surface area (Å²) in [5, 5.41) is 1.27. The lowest BCUT2D eigenvalue weighted by atomic mass is 9.81. The zero-order chi connectivity index (χ0) is 13.8. The second-order valence-corrected chi connectivity index (χ2v) is 6.06. The van der Waals surface area contributed by atoms with E-state index in [2.05, 4.69) is 18.0 Å². The molecular formula is C15H21Cl2NO. The molecule has 1 heterocycles. The quantitative estimate of drug-likeness (QED) is 0.831. The number of hydrogen-bond donors (Lipinski definition) is 0. The molecule has 0 bridgehead atoms. The Kier molecular flexibility index (Phi) is 5.52. The minimum Gasteiger partial charge on any atom is -0.381 e. The highest BCUT2D eigenvalue weighted by Crippen LogP contribution is 2.35. The summed E-state index contributed by atoms with van der Waals surface area (Å²) < 4.78 is 5.64. The Bertz CT molecular complexity index is 425. The Morgan fingerprint density at radius 2 is 2.11 bits per heavy atom. The highest BCUT2D eigenvalue weighted by Gasteiger charge is 2.29. The summed E-state index contributed by atoms with van der Waals surface area (Å²) in [6.07, 6.45) is 1.15. The van der Waals surface area contributed by atoms with E-state index in [-0.39, 0.29) is 0 Å². The summed E-state index contributed by atoms with van der Waals surface area (Å²) in [5.74, 6) is 1.04. The minimum absolute atomic E-state index is 0.512. The SMILES string of the molecule is CCOC[C@@H]1CN(C)CC[C@@H]1c1ccc(Cl)c(Cl)c1. The molecule has 0 amide bonds. The first-order valence-corrected chi connectivity index (χ1v) is 7.58. The van der Waals surface area contributed by atoms with E-state index in [0.29, 0.717) is 21.9 Å². The smallest absolute Gasteiger partial charge is 0.0595 e. The average molecular weight is 302 g/mol. The predicted octanol–water partition coefficient (Wildman–Crippen LogP) is 4.07. The summed E-state index contributed by atoms with van der Waals surface area (Å²) >= 11 is 12.1. The lowest BCUT2D eigenvalue weighted by molar-refractivity contribution is 0.0628. The van der Waals surface area contributed by atoms with E-state index in [9.17, 15) is 0 Å². The highest BCUT2D eigenvalue weighted by atomic mass is 35.5. The van der Waals surface area contributed by atoms with Crippen LogP contribution in [0.3, 0.4) is 0 Å². The molecule has 1 aromatic rings. The van der Waals surface area contributed by atoms with E-state index in [4.69, 9.17) is 27.9 Å². The van der Waals surface area contributed by atoms with Gasteiger partial charge in [0.1, 0.15) is 0 Å². The molecule has 0 unspecified atom stereocenters. The molecule has 1 saturated heterocycles. The van der Waals surface area contributed by atoms with Gasteiger partial charge in [-0.15, -0.1) is 0 Å². The zero-order valence-corrected chi connectivity index (χ0v) is 13.0. The number of nitrogens with zero attached hydrogens (tertiary/aromatic N) is 1. The fourth-order valence-electron chi connectivity index (χ4n) is 2.83. The van der Waals surface area contributed by atoms with E-state index >= 15 is 0 Å². The van der Waals surface area contributed by atoms with Gasteiger partial charge in [0.25, 0.3) is 0 Å². The van der Waals surface area contributed by atoms with E-state index in [1.165, 1.54) is 5.56 Å². The normalized spacial score (nSPS) is 24.6. The van der Waals surface area contributed by atoms with Crippen molar-refractivity contribution < 1.29 is 4.74 Å². The summed E-state index contributed by atoms with van der Waals surface area (Å²) in [7, 11) is 2.17. The monoisotopic (exact) mass is 301 g/mol. The van der Waals surface area contributed by atoms with Crippen LogP contribution in [0, 0.1) is 5.92 Å². The van der Waals surface area contributed by atoms with Crippen LogP contribution in [-0.4, -0.2) is 38.3 Å². The maximum atomic E-state index is 6.14. The van der Waals surface area contributed by atoms with Gasteiger partial charge in [-0.2, -0.15) is 0 Å². The molecule has 106 valence electrons. The molecule has 2 nitrogen and oxygen atoms in total. The first kappa shape index (κ1) is 15.1. The molecule has 2 atom stereocenters. The predicted molar refractivity (Wildman–Crippen MR) is 81.3 cm³/mol. The number of piperidine rings is 1. The molecule has 1 aliphatic rings. The molecule has 19 heavy (non-hydrogen) atoms. The van der Waals surface area contributed by atoms with Crippen LogP contribution < -0.4 is 0 Å². The Morgan fingerprint density at radius 3 is 2.79 bits per heavy atom. The molecule has 0 aliphatic carbocycles. The van der Waals surface area contributed by atoms with Crippen LogP contribution in [0.5, 0.6) is 0 Å². The Balaban J connectivity index is 2.16. The fraction of sp³-hybridized carbons (Fsp3) is 0.600. The molecule has 1 fully saturated rings. The molecule has 0 aromatic heterocycles. The van der Waals surface area contributed by atoms with Crippen molar-refractivity contribution in [2.24, 2.45) is 5.92 Å². The Hall–Kier alpha value is -0.280. The summed E-state index contributed by atoms with van der Waals surface area (Å²) in [4.78, 5) is 2.37. The molecule has 1 aromatic carbocycles. The van der Waals surface area contributed by atoms with Crippen LogP contribution in [-0.2, 0) is 4.74 Å². The third-order valence-electron chi connectivity index (χ3n) is 3.84. The maximum Gasteiger partial charge on any atom is 0.0595 e. The van der Waals surface area contributed by atoms with Gasteiger partial charge < -0.3 is 9.64 Å². The van der Waals surface area contributed by atoms with Gasteiger partial charge in [-0.05, 0) is 50.6 Å². The van der Waals surface area contributed by atoms with E-state index < -0.39 is 0 Å². The third kappa shape index (κ3) is 3.85. The van der Waals surface area contributed by atoms with Gasteiger partial charge in [-0.1, -0.05) is 29.3 Å². The summed E-state index contributed by atoms with van der Waals surface area (Å²) in [5.41, 5.74) is 1.28. The fourth-order valence-corrected chi connectivity index (χ4v) is 3.14. The minimum atomic E-state index is 0.512. The first-order chi connectivity index (χ1) is 9.11. The van der Waals surface area contributed by atoms with Crippen LogP contribution in [0.2, 0.25) is 10.0 Å². The highest BCUT2D eigenvalue weighted by molar-refractivity contribution is 6.42. The summed E-state index contributed by atoms with van der Waals surface area (Å²) in [6.45, 7) is 5.82. The Labute approximate surface area is 125 Å². The van der Waals surface area contributed by atoms with Gasteiger partial charge in [0.15, 0.2) is 0 Å². The molecule has 0 radical (unpaired) electrons. The number of rotatable bonds is 4. The van der Waals surface area contributed by atoms with Crippen molar-refractivity contribution in [1.29, 1.82) is 0 Å². The van der Waals surface area contributed by atoms with Crippen molar-refractivity contribution in [2.45, 2.75) is 19.3 Å². The number of halogens is 2. The topological polar surface area (TPSA) is 12.5 Å². The van der Waals surface area contributed by atoms with Crippen LogP contribution in [0.1, 0.15) is 24.8 Å². The summed E-state index contributed by atoms with van der Waals surface area (Å²) in [6, 6.07) is 6.01. The largest absolute Gasteiger partial charge is 0.381 e. The van der Waals surface area contributed by atoms with Crippen LogP contribution in [0.4, 0.5) is 0 Å². The van der Waals surface area contributed by atoms with Crippen molar-refractivity contribution >= 4 is 23.2 Å². The molecule has 0 N–H and O–H groups in total. The van der Waals surface area contributed by atoms with Gasteiger partial charge in [0.2, 0.25) is 0 Å². The molecule has 0 spiro atoms. The van der Waals surface area contributed by atoms with Gasteiger partial charge >= 0.3 is 0 Å². The van der Waals surface area contributed by atoms with Crippen LogP contribution in [0.15, 0.2) is 18.2 Å². The third-order valence-corrected chi connectivity index (χ3v) is 4.58. The van der Waals surface area contributed by atoms with Gasteiger partial charge in [-0.3, -0.25) is 0 Å². The zero-order valence-electron chi connectivity index (χ0n) is 11.5. The average Bonchev–Trinajstić information content (AvgIpc) is 2.40. The van der Waals surface area contributed by atoms with Crippen LogP contribution in [0.25, 0.3) is 0 Å². The van der Waals surface area contributed by atoms with Crippen molar-refractivity contribution in [3.05, 3.63) is 33.8 Å². The Morgan fingerprint density at radius 1 is 1.32 bits per heavy atom. The van der Waals surface area contributed by atoms with Crippen LogP contribution >= 0.6 is 23.2 Å². The van der Waals surface area contributed by atoms with Gasteiger partial charge in [0.05, 0.1) is 16.7 Å². The van der Waals surface area contributed by atoms with Crippen molar-refractivity contribution in [3.8, 4) is 0 Å². The van der Waals surface area contributed by atoms with Gasteiger partial charge in [0, 0.05) is 19.1 Å². The van der Waals surface area contributed by atoms with Crippen molar-refractivity contribution in [3.63, 3.8) is 0 Å². The molecule has 0 saturated carbocycles. The van der Waals surface area contributed by atoms with Crippen molar-refractivity contribution in [1.82, 2.24) is 4.90 Å². The number of ether oxygens (including phenoxy) is 1. The lowest BCUT2D eigenvalue weighted by Gasteiger charge is -2.37. The molecule has 1 aliphatic heterocycles. The number of likely N-dealkylation sites (tertiary alicyclic amines) is 1. The van der Waals surface area contributed by atoms with E-state index in [1.807, 2.05) is 19.1 Å². The molecule has 4 heteroatoms. The molecular weight excluding hydrogens is 281 g/mol. The lowest BCUT2D eigenvalue weighted by Crippen LogP contribution is -2.39. The maximum absolute atomic E-state index is 6.14. The molecule has 2 rings (SSSR count). The number of benzene rings is 1. The van der Waals surface area contributed by atoms with E-state index in [0.717, 1.165) is 32.7 Å². The number of hydrogen-bond acceptors (Lipinski definition) is 2. The van der Waals surface area contributed by atoms with E-state index in [1.54, 1.807) is 0 Å². The van der Waals surface area contributed by atoms with Gasteiger partial charge in [-0.25, -0.2) is 0 Å². The second kappa shape index (κ2) is 6.94. The first-order valence-electron chi connectivity index (χ1n) is 6.83.